The van der Waals surface area contributed by atoms with E-state index >= 15 is 0 Å². The monoisotopic (exact) mass is 216 g/mol. The number of hydrogen-bond donors (Lipinski definition) is 2. The van der Waals surface area contributed by atoms with Crippen molar-refractivity contribution in [1.29, 1.82) is 0 Å². The first kappa shape index (κ1) is 12.3. The smallest absolute Gasteiger partial charge is 0.0387 e. The van der Waals surface area contributed by atoms with Gasteiger partial charge in [-0.25, -0.2) is 0 Å². The number of nitrogens with zero attached hydrogens (tertiary/aromatic N) is 1. The van der Waals surface area contributed by atoms with Gasteiger partial charge < -0.3 is 10.2 Å². The number of rotatable bonds is 4. The number of hydrogen-bond acceptors (Lipinski definition) is 3. The summed E-state index contributed by atoms with van der Waals surface area (Å²) < 4.78 is 0. The van der Waals surface area contributed by atoms with Gasteiger partial charge in [0.1, 0.15) is 0 Å². The van der Waals surface area contributed by atoms with Crippen LogP contribution in [0, 0.1) is 11.3 Å². The maximum absolute atomic E-state index is 4.19. The lowest BCUT2D eigenvalue weighted by Crippen LogP contribution is -2.43. The fraction of sp³-hybridized carbons (Fsp3) is 1.00. The second kappa shape index (κ2) is 5.38. The van der Waals surface area contributed by atoms with Crippen LogP contribution in [0.2, 0.25) is 0 Å². The zero-order chi connectivity index (χ0) is 10.6. The average Bonchev–Trinajstić information content (AvgIpc) is 2.15. The Balaban J connectivity index is 2.43. The summed E-state index contributed by atoms with van der Waals surface area (Å²) in [6.07, 6.45) is 2.73. The Hall–Kier alpha value is 0.270. The van der Waals surface area contributed by atoms with E-state index in [9.17, 15) is 0 Å². The van der Waals surface area contributed by atoms with E-state index in [0.717, 1.165) is 18.3 Å². The van der Waals surface area contributed by atoms with Gasteiger partial charge >= 0.3 is 0 Å². The zero-order valence-corrected chi connectivity index (χ0v) is 10.6. The van der Waals surface area contributed by atoms with E-state index in [4.69, 9.17) is 0 Å². The van der Waals surface area contributed by atoms with Crippen molar-refractivity contribution in [3.8, 4) is 0 Å². The molecule has 84 valence electrons. The van der Waals surface area contributed by atoms with Crippen LogP contribution >= 0.6 is 12.6 Å². The molecular formula is C11H24N2S. The van der Waals surface area contributed by atoms with Gasteiger partial charge in [0.2, 0.25) is 0 Å². The molecule has 0 saturated carbocycles. The maximum Gasteiger partial charge on any atom is 0.0387 e. The van der Waals surface area contributed by atoms with Gasteiger partial charge in [0.05, 0.1) is 0 Å². The van der Waals surface area contributed by atoms with Crippen LogP contribution in [-0.2, 0) is 0 Å². The van der Waals surface area contributed by atoms with Crippen molar-refractivity contribution >= 4 is 12.6 Å². The zero-order valence-electron chi connectivity index (χ0n) is 9.71. The molecule has 1 fully saturated rings. The molecule has 0 radical (unpaired) electrons. The Labute approximate surface area is 93.8 Å². The van der Waals surface area contributed by atoms with E-state index < -0.39 is 0 Å². The highest BCUT2D eigenvalue weighted by Crippen LogP contribution is 2.32. The summed E-state index contributed by atoms with van der Waals surface area (Å²) in [7, 11) is 2.23. The van der Waals surface area contributed by atoms with Crippen LogP contribution in [0.4, 0.5) is 0 Å². The molecule has 1 atom stereocenters. The van der Waals surface area contributed by atoms with Gasteiger partial charge in [0.25, 0.3) is 0 Å². The predicted molar refractivity (Wildman–Crippen MR) is 65.9 cm³/mol. The number of piperidine rings is 1. The molecule has 1 aliphatic heterocycles. The highest BCUT2D eigenvalue weighted by molar-refractivity contribution is 7.80. The summed E-state index contributed by atoms with van der Waals surface area (Å²) in [5.74, 6) is 1.61. The van der Waals surface area contributed by atoms with Crippen LogP contribution in [0.3, 0.4) is 0 Å². The Morgan fingerprint density at radius 1 is 1.50 bits per heavy atom. The second-order valence-electron chi connectivity index (χ2n) is 5.17. The van der Waals surface area contributed by atoms with Gasteiger partial charge in [-0.3, -0.25) is 0 Å². The minimum Gasteiger partial charge on any atom is -0.308 e. The summed E-state index contributed by atoms with van der Waals surface area (Å²) in [5, 5.41) is 3.35. The summed E-state index contributed by atoms with van der Waals surface area (Å²) in [4.78, 5) is 2.45. The molecule has 14 heavy (non-hydrogen) atoms. The van der Waals surface area contributed by atoms with Crippen molar-refractivity contribution in [1.82, 2.24) is 10.2 Å². The van der Waals surface area contributed by atoms with Crippen LogP contribution in [0.25, 0.3) is 0 Å². The third-order valence-corrected chi connectivity index (χ3v) is 3.65. The Morgan fingerprint density at radius 3 is 2.79 bits per heavy atom. The molecule has 0 aromatic heterocycles. The van der Waals surface area contributed by atoms with Gasteiger partial charge in [-0.1, -0.05) is 13.8 Å². The van der Waals surface area contributed by atoms with Crippen molar-refractivity contribution in [3.05, 3.63) is 0 Å². The molecule has 0 aliphatic carbocycles. The fourth-order valence-corrected chi connectivity index (χ4v) is 2.44. The molecular weight excluding hydrogens is 192 g/mol. The lowest BCUT2D eigenvalue weighted by atomic mass is 9.74. The Kier molecular flexibility index (Phi) is 4.74. The van der Waals surface area contributed by atoms with Crippen LogP contribution in [0.1, 0.15) is 26.7 Å². The van der Waals surface area contributed by atoms with E-state index in [1.165, 1.54) is 25.9 Å². The fourth-order valence-electron chi connectivity index (χ4n) is 2.33. The SMILES string of the molecule is CN1CCCC(C(C)(C)CNCS)C1. The molecule has 0 amide bonds. The molecule has 1 rings (SSSR count). The van der Waals surface area contributed by atoms with E-state index in [2.05, 4.69) is 43.7 Å². The summed E-state index contributed by atoms with van der Waals surface area (Å²) in [5.41, 5.74) is 0.400. The van der Waals surface area contributed by atoms with Gasteiger partial charge in [-0.2, -0.15) is 12.6 Å². The lowest BCUT2D eigenvalue weighted by molar-refractivity contribution is 0.104. The van der Waals surface area contributed by atoms with Crippen molar-refractivity contribution in [2.24, 2.45) is 11.3 Å². The molecule has 1 heterocycles. The molecule has 1 unspecified atom stereocenters. The first-order valence-corrected chi connectivity index (χ1v) is 6.19. The van der Waals surface area contributed by atoms with Crippen molar-refractivity contribution in [2.45, 2.75) is 26.7 Å². The molecule has 1 aliphatic rings. The maximum atomic E-state index is 4.19. The molecule has 1 saturated heterocycles. The van der Waals surface area contributed by atoms with Crippen molar-refractivity contribution in [2.75, 3.05) is 32.6 Å². The molecule has 0 aromatic rings. The average molecular weight is 216 g/mol. The topological polar surface area (TPSA) is 15.3 Å². The number of likely N-dealkylation sites (tertiary alicyclic amines) is 1. The first-order valence-electron chi connectivity index (χ1n) is 5.56. The molecule has 0 spiro atoms. The van der Waals surface area contributed by atoms with Crippen LogP contribution < -0.4 is 5.32 Å². The summed E-state index contributed by atoms with van der Waals surface area (Å²) >= 11 is 4.19. The third kappa shape index (κ3) is 3.44. The molecule has 0 aromatic carbocycles. The molecule has 1 N–H and O–H groups in total. The van der Waals surface area contributed by atoms with Gasteiger partial charge in [0.15, 0.2) is 0 Å². The Bertz CT molecular complexity index is 171. The summed E-state index contributed by atoms with van der Waals surface area (Å²) in [6.45, 7) is 8.34. The highest BCUT2D eigenvalue weighted by atomic mass is 32.1. The normalized spacial score (nSPS) is 25.3. The lowest BCUT2D eigenvalue weighted by Gasteiger charge is -2.40. The van der Waals surface area contributed by atoms with E-state index in [-0.39, 0.29) is 0 Å². The van der Waals surface area contributed by atoms with Crippen molar-refractivity contribution < 1.29 is 0 Å². The first-order chi connectivity index (χ1) is 6.56. The molecule has 3 heteroatoms. The van der Waals surface area contributed by atoms with Gasteiger partial charge in [0, 0.05) is 19.0 Å². The van der Waals surface area contributed by atoms with E-state index in [0.29, 0.717) is 5.41 Å². The highest BCUT2D eigenvalue weighted by Gasteiger charge is 2.31. The number of nitrogens with one attached hydrogen (secondary N) is 1. The predicted octanol–water partition coefficient (Wildman–Crippen LogP) is 1.83. The minimum absolute atomic E-state index is 0.400. The van der Waals surface area contributed by atoms with Crippen LogP contribution in [0.15, 0.2) is 0 Å². The van der Waals surface area contributed by atoms with Crippen LogP contribution in [0.5, 0.6) is 0 Å². The van der Waals surface area contributed by atoms with Gasteiger partial charge in [-0.15, -0.1) is 0 Å². The molecule has 2 nitrogen and oxygen atoms in total. The Morgan fingerprint density at radius 2 is 2.21 bits per heavy atom. The summed E-state index contributed by atoms with van der Waals surface area (Å²) in [6, 6.07) is 0. The largest absolute Gasteiger partial charge is 0.308 e. The van der Waals surface area contributed by atoms with E-state index in [1.807, 2.05) is 0 Å². The third-order valence-electron chi connectivity index (χ3n) is 3.42. The minimum atomic E-state index is 0.400. The van der Waals surface area contributed by atoms with Crippen molar-refractivity contribution in [3.63, 3.8) is 0 Å². The van der Waals surface area contributed by atoms with Gasteiger partial charge in [-0.05, 0) is 37.8 Å². The van der Waals surface area contributed by atoms with E-state index in [1.54, 1.807) is 0 Å². The van der Waals surface area contributed by atoms with Crippen LogP contribution in [-0.4, -0.2) is 37.5 Å². The number of thiol groups is 1. The quantitative estimate of drug-likeness (QED) is 0.551. The molecule has 0 bridgehead atoms. The second-order valence-corrected chi connectivity index (χ2v) is 5.49. The standard InChI is InChI=1S/C11H24N2S/c1-11(2,8-12-9-14)10-5-4-6-13(3)7-10/h10,12,14H,4-9H2,1-3H3.